The summed E-state index contributed by atoms with van der Waals surface area (Å²) in [4.78, 5) is 20.1. The van der Waals surface area contributed by atoms with Gasteiger partial charge in [-0.05, 0) is 49.3 Å². The molecule has 1 unspecified atom stereocenters. The topological polar surface area (TPSA) is 46.8 Å². The van der Waals surface area contributed by atoms with Gasteiger partial charge in [0, 0.05) is 32.3 Å². The van der Waals surface area contributed by atoms with Crippen molar-refractivity contribution in [2.75, 3.05) is 20.2 Å². The lowest BCUT2D eigenvalue weighted by molar-refractivity contribution is 0.0194. The van der Waals surface area contributed by atoms with E-state index in [2.05, 4.69) is 28.7 Å². The molecule has 5 heteroatoms. The monoisotopic (exact) mass is 389 g/mol. The Bertz CT molecular complexity index is 1000. The maximum absolute atomic E-state index is 13.3. The van der Waals surface area contributed by atoms with Crippen LogP contribution < -0.4 is 0 Å². The predicted molar refractivity (Wildman–Crippen MR) is 112 cm³/mol. The number of nitrogens with zero attached hydrogens (tertiary/aromatic N) is 3. The third-order valence-electron chi connectivity index (χ3n) is 6.36. The Kier molecular flexibility index (Phi) is 4.84. The molecule has 1 amide bonds. The minimum absolute atomic E-state index is 0.0627. The zero-order valence-corrected chi connectivity index (χ0v) is 16.8. The summed E-state index contributed by atoms with van der Waals surface area (Å²) >= 11 is 0. The molecular formula is C24H27N3O2. The molecule has 5 rings (SSSR count). The fourth-order valence-corrected chi connectivity index (χ4v) is 4.65. The number of pyridine rings is 1. The van der Waals surface area contributed by atoms with Gasteiger partial charge >= 0.3 is 0 Å². The third kappa shape index (κ3) is 3.44. The standard InChI is InChI=1S/C24H27N3O2/c1-29-22(17-7-3-2-4-8-17)18-12-15-26(16-13-18)24(28)21-20-9-5-6-14-27(20)23(25-21)19-10-11-19/h2-9,14,18-19,22H,10-13,15-16H2,1H3. The largest absolute Gasteiger partial charge is 0.376 e. The Balaban J connectivity index is 1.32. The molecule has 0 N–H and O–H groups in total. The van der Waals surface area contributed by atoms with Crippen molar-refractivity contribution >= 4 is 11.4 Å². The first kappa shape index (κ1) is 18.4. The number of benzene rings is 1. The summed E-state index contributed by atoms with van der Waals surface area (Å²) in [6.45, 7) is 1.50. The Morgan fingerprint density at radius 2 is 1.76 bits per heavy atom. The number of carbonyl (C=O) groups excluding carboxylic acids is 1. The van der Waals surface area contributed by atoms with Gasteiger partial charge in [-0.3, -0.25) is 4.79 Å². The lowest BCUT2D eigenvalue weighted by atomic mass is 9.87. The molecule has 2 fully saturated rings. The molecule has 3 aromatic rings. The van der Waals surface area contributed by atoms with Gasteiger partial charge in [-0.2, -0.15) is 0 Å². The molecular weight excluding hydrogens is 362 g/mol. The van der Waals surface area contributed by atoms with Crippen molar-refractivity contribution in [1.29, 1.82) is 0 Å². The second-order valence-corrected chi connectivity index (χ2v) is 8.25. The van der Waals surface area contributed by atoms with Gasteiger partial charge in [-0.1, -0.05) is 36.4 Å². The average molecular weight is 389 g/mol. The van der Waals surface area contributed by atoms with E-state index in [1.807, 2.05) is 35.4 Å². The molecule has 1 aliphatic heterocycles. The fraction of sp³-hybridized carbons (Fsp3) is 0.417. The molecule has 150 valence electrons. The van der Waals surface area contributed by atoms with Crippen LogP contribution in [0.25, 0.3) is 5.52 Å². The van der Waals surface area contributed by atoms with Gasteiger partial charge in [0.25, 0.3) is 5.91 Å². The SMILES string of the molecule is COC(c1ccccc1)C1CCN(C(=O)c2nc(C3CC3)n3ccccc23)CC1. The molecule has 1 aliphatic carbocycles. The minimum atomic E-state index is 0.0627. The van der Waals surface area contributed by atoms with Crippen LogP contribution in [0, 0.1) is 5.92 Å². The smallest absolute Gasteiger partial charge is 0.274 e. The summed E-state index contributed by atoms with van der Waals surface area (Å²) in [5.41, 5.74) is 2.76. The Hall–Kier alpha value is -2.66. The van der Waals surface area contributed by atoms with Gasteiger partial charge in [0.05, 0.1) is 11.6 Å². The first-order valence-electron chi connectivity index (χ1n) is 10.6. The van der Waals surface area contributed by atoms with Crippen LogP contribution in [0.1, 0.15) is 59.6 Å². The Morgan fingerprint density at radius 1 is 1.03 bits per heavy atom. The second kappa shape index (κ2) is 7.64. The number of hydrogen-bond acceptors (Lipinski definition) is 3. The van der Waals surface area contributed by atoms with E-state index in [0.717, 1.165) is 37.3 Å². The molecule has 2 aliphatic rings. The van der Waals surface area contributed by atoms with E-state index >= 15 is 0 Å². The van der Waals surface area contributed by atoms with Crippen LogP contribution in [0.3, 0.4) is 0 Å². The number of rotatable bonds is 5. The van der Waals surface area contributed by atoms with Crippen LogP contribution in [-0.2, 0) is 4.74 Å². The number of hydrogen-bond donors (Lipinski definition) is 0. The highest BCUT2D eigenvalue weighted by Crippen LogP contribution is 2.40. The lowest BCUT2D eigenvalue weighted by Crippen LogP contribution is -2.40. The number of fused-ring (bicyclic) bond motifs is 1. The van der Waals surface area contributed by atoms with Gasteiger partial charge < -0.3 is 14.0 Å². The molecule has 1 saturated heterocycles. The van der Waals surface area contributed by atoms with Crippen LogP contribution >= 0.6 is 0 Å². The summed E-state index contributed by atoms with van der Waals surface area (Å²) in [6, 6.07) is 16.4. The fourth-order valence-electron chi connectivity index (χ4n) is 4.65. The Labute approximate surface area is 171 Å². The molecule has 2 aromatic heterocycles. The summed E-state index contributed by atoms with van der Waals surface area (Å²) in [6.07, 6.45) is 6.35. The minimum Gasteiger partial charge on any atom is -0.376 e. The first-order chi connectivity index (χ1) is 14.3. The van der Waals surface area contributed by atoms with Crippen LogP contribution in [0.2, 0.25) is 0 Å². The number of carbonyl (C=O) groups is 1. The summed E-state index contributed by atoms with van der Waals surface area (Å²) in [5.74, 6) is 2.04. The third-order valence-corrected chi connectivity index (χ3v) is 6.36. The van der Waals surface area contributed by atoms with Crippen molar-refractivity contribution in [3.05, 3.63) is 71.8 Å². The van der Waals surface area contributed by atoms with Crippen LogP contribution in [0.15, 0.2) is 54.7 Å². The highest BCUT2D eigenvalue weighted by atomic mass is 16.5. The highest BCUT2D eigenvalue weighted by Gasteiger charge is 2.34. The maximum Gasteiger partial charge on any atom is 0.274 e. The van der Waals surface area contributed by atoms with Crippen LogP contribution in [0.5, 0.6) is 0 Å². The predicted octanol–water partition coefficient (Wildman–Crippen LogP) is 4.45. The van der Waals surface area contributed by atoms with Gasteiger partial charge in [0.15, 0.2) is 5.69 Å². The second-order valence-electron chi connectivity index (χ2n) is 8.25. The average Bonchev–Trinajstić information content (AvgIpc) is 3.55. The van der Waals surface area contributed by atoms with Gasteiger partial charge in [-0.25, -0.2) is 4.98 Å². The van der Waals surface area contributed by atoms with Gasteiger partial charge in [0.1, 0.15) is 5.82 Å². The number of amides is 1. The number of ether oxygens (including phenoxy) is 1. The molecule has 29 heavy (non-hydrogen) atoms. The molecule has 3 heterocycles. The van der Waals surface area contributed by atoms with E-state index in [1.54, 1.807) is 7.11 Å². The number of imidazole rings is 1. The van der Waals surface area contributed by atoms with Crippen molar-refractivity contribution in [1.82, 2.24) is 14.3 Å². The van der Waals surface area contributed by atoms with Crippen LogP contribution in [0.4, 0.5) is 0 Å². The molecule has 0 radical (unpaired) electrons. The molecule has 1 atom stereocenters. The zero-order chi connectivity index (χ0) is 19.8. The van der Waals surface area contributed by atoms with Crippen molar-refractivity contribution in [3.8, 4) is 0 Å². The molecule has 1 aromatic carbocycles. The van der Waals surface area contributed by atoms with Crippen molar-refractivity contribution in [2.24, 2.45) is 5.92 Å². The highest BCUT2D eigenvalue weighted by molar-refractivity contribution is 5.99. The lowest BCUT2D eigenvalue weighted by Gasteiger charge is -2.35. The summed E-state index contributed by atoms with van der Waals surface area (Å²) in [5, 5.41) is 0. The number of aromatic nitrogens is 2. The normalized spacial score (nSPS) is 18.9. The summed E-state index contributed by atoms with van der Waals surface area (Å²) < 4.78 is 7.94. The molecule has 1 saturated carbocycles. The van der Waals surface area contributed by atoms with Gasteiger partial charge in [0.2, 0.25) is 0 Å². The number of methoxy groups -OCH3 is 1. The quantitative estimate of drug-likeness (QED) is 0.648. The van der Waals surface area contributed by atoms with Gasteiger partial charge in [-0.15, -0.1) is 0 Å². The van der Waals surface area contributed by atoms with E-state index in [-0.39, 0.29) is 12.0 Å². The van der Waals surface area contributed by atoms with E-state index in [9.17, 15) is 4.79 Å². The van der Waals surface area contributed by atoms with E-state index < -0.39 is 0 Å². The van der Waals surface area contributed by atoms with E-state index in [0.29, 0.717) is 17.5 Å². The van der Waals surface area contributed by atoms with Crippen LogP contribution in [-0.4, -0.2) is 40.4 Å². The maximum atomic E-state index is 13.3. The number of piperidine rings is 1. The van der Waals surface area contributed by atoms with E-state index in [4.69, 9.17) is 9.72 Å². The van der Waals surface area contributed by atoms with Crippen molar-refractivity contribution in [2.45, 2.75) is 37.7 Å². The van der Waals surface area contributed by atoms with Crippen molar-refractivity contribution < 1.29 is 9.53 Å². The summed E-state index contributed by atoms with van der Waals surface area (Å²) in [7, 11) is 1.78. The molecule has 0 spiro atoms. The van der Waals surface area contributed by atoms with Crippen molar-refractivity contribution in [3.63, 3.8) is 0 Å². The first-order valence-corrected chi connectivity index (χ1v) is 10.6. The van der Waals surface area contributed by atoms with E-state index in [1.165, 1.54) is 18.4 Å². The molecule has 0 bridgehead atoms. The number of likely N-dealkylation sites (tertiary alicyclic amines) is 1. The zero-order valence-electron chi connectivity index (χ0n) is 16.8. The Morgan fingerprint density at radius 3 is 2.45 bits per heavy atom. The molecule has 5 nitrogen and oxygen atoms in total.